The topological polar surface area (TPSA) is 74.4 Å². The van der Waals surface area contributed by atoms with Gasteiger partial charge in [-0.1, -0.05) is 12.1 Å². The number of H-pyrrole nitrogens is 1. The number of benzene rings is 2. The molecule has 8 heteroatoms. The van der Waals surface area contributed by atoms with Crippen LogP contribution in [0, 0.1) is 5.92 Å². The lowest BCUT2D eigenvalue weighted by molar-refractivity contribution is -0.137. The number of aliphatic hydroxyl groups excluding tert-OH is 1. The first-order valence-corrected chi connectivity index (χ1v) is 10.7. The van der Waals surface area contributed by atoms with Crippen molar-refractivity contribution < 1.29 is 27.8 Å². The zero-order chi connectivity index (χ0) is 22.5. The molecule has 0 unspecified atom stereocenters. The van der Waals surface area contributed by atoms with Gasteiger partial charge in [0.1, 0.15) is 5.75 Å². The number of aliphatic hydroxyl groups is 1. The van der Waals surface area contributed by atoms with Crippen LogP contribution in [0.3, 0.4) is 0 Å². The Kier molecular flexibility index (Phi) is 5.12. The Bertz CT molecular complexity index is 1130. The molecule has 2 aromatic carbocycles. The second-order valence-corrected chi connectivity index (χ2v) is 8.75. The van der Waals surface area contributed by atoms with E-state index in [9.17, 15) is 23.1 Å². The van der Waals surface area contributed by atoms with E-state index in [0.717, 1.165) is 41.4 Å². The van der Waals surface area contributed by atoms with Gasteiger partial charge in [0.05, 0.1) is 23.5 Å². The van der Waals surface area contributed by atoms with Gasteiger partial charge in [-0.25, -0.2) is 0 Å². The second-order valence-electron chi connectivity index (χ2n) is 8.75. The molecule has 3 N–H and O–H groups in total. The molecule has 0 saturated heterocycles. The molecule has 0 aliphatic heterocycles. The van der Waals surface area contributed by atoms with E-state index in [0.29, 0.717) is 24.3 Å². The van der Waals surface area contributed by atoms with E-state index in [2.05, 4.69) is 10.3 Å². The Hall–Kier alpha value is -3.00. The largest absolute Gasteiger partial charge is 0.490 e. The molecule has 2 aliphatic rings. The van der Waals surface area contributed by atoms with Crippen LogP contribution in [0.1, 0.15) is 42.7 Å². The molecular formula is C24H23F3N2O3. The molecule has 2 aliphatic carbocycles. The van der Waals surface area contributed by atoms with Crippen LogP contribution in [0.2, 0.25) is 0 Å². The minimum Gasteiger partial charge on any atom is -0.490 e. The average Bonchev–Trinajstić information content (AvgIpc) is 3.09. The fraction of sp³-hybridized carbons (Fsp3) is 0.375. The summed E-state index contributed by atoms with van der Waals surface area (Å²) in [6.07, 6.45) is -0.511. The van der Waals surface area contributed by atoms with E-state index in [-0.39, 0.29) is 30.0 Å². The molecule has 1 amide bonds. The van der Waals surface area contributed by atoms with Crippen molar-refractivity contribution in [2.24, 2.45) is 5.92 Å². The fourth-order valence-corrected chi connectivity index (χ4v) is 4.38. The molecule has 3 aromatic rings. The highest BCUT2D eigenvalue weighted by atomic mass is 19.4. The first-order valence-electron chi connectivity index (χ1n) is 10.7. The summed E-state index contributed by atoms with van der Waals surface area (Å²) in [6, 6.07) is 11.0. The van der Waals surface area contributed by atoms with Gasteiger partial charge in [-0.2, -0.15) is 13.2 Å². The molecule has 2 saturated carbocycles. The number of nitrogens with one attached hydrogen (secondary N) is 2. The van der Waals surface area contributed by atoms with Crippen LogP contribution in [-0.2, 0) is 11.0 Å². The van der Waals surface area contributed by atoms with Gasteiger partial charge >= 0.3 is 6.18 Å². The van der Waals surface area contributed by atoms with Gasteiger partial charge in [-0.05, 0) is 67.5 Å². The molecule has 1 aromatic heterocycles. The van der Waals surface area contributed by atoms with Crippen LogP contribution in [0.15, 0.2) is 48.7 Å². The lowest BCUT2D eigenvalue weighted by atomic mass is 9.77. The van der Waals surface area contributed by atoms with Crippen molar-refractivity contribution in [3.63, 3.8) is 0 Å². The summed E-state index contributed by atoms with van der Waals surface area (Å²) < 4.78 is 44.3. The summed E-state index contributed by atoms with van der Waals surface area (Å²) in [5.74, 6) is 0.612. The number of hydrogen-bond donors (Lipinski definition) is 3. The van der Waals surface area contributed by atoms with E-state index in [4.69, 9.17) is 4.74 Å². The van der Waals surface area contributed by atoms with Crippen molar-refractivity contribution in [3.05, 3.63) is 59.8 Å². The van der Waals surface area contributed by atoms with Crippen LogP contribution in [0.25, 0.3) is 10.9 Å². The minimum atomic E-state index is -4.32. The highest BCUT2D eigenvalue weighted by Crippen LogP contribution is 2.41. The Balaban J connectivity index is 1.20. The number of ether oxygens (including phenoxy) is 1. The lowest BCUT2D eigenvalue weighted by Gasteiger charge is -2.35. The SMILES string of the molecule is O=C(Nc1c[nH]c2ccc(O[C@H]3C[C@H](c4ccc(C(F)(F)F)cc4)C3)cc12)C1CC(O)C1. The maximum atomic E-state index is 12.7. The maximum absolute atomic E-state index is 12.7. The van der Waals surface area contributed by atoms with Gasteiger partial charge < -0.3 is 20.1 Å². The van der Waals surface area contributed by atoms with E-state index in [1.165, 1.54) is 0 Å². The number of hydrogen-bond acceptors (Lipinski definition) is 3. The highest BCUT2D eigenvalue weighted by molar-refractivity contribution is 6.03. The van der Waals surface area contributed by atoms with E-state index < -0.39 is 11.7 Å². The summed E-state index contributed by atoms with van der Waals surface area (Å²) in [6.45, 7) is 0. The highest BCUT2D eigenvalue weighted by Gasteiger charge is 2.35. The molecule has 32 heavy (non-hydrogen) atoms. The minimum absolute atomic E-state index is 0.00631. The number of carbonyl (C=O) groups excluding carboxylic acids is 1. The number of aromatic amines is 1. The molecule has 0 radical (unpaired) electrons. The molecule has 0 atom stereocenters. The molecule has 0 spiro atoms. The van der Waals surface area contributed by atoms with Gasteiger partial charge in [-0.15, -0.1) is 0 Å². The van der Waals surface area contributed by atoms with E-state index in [1.807, 2.05) is 18.2 Å². The van der Waals surface area contributed by atoms with Gasteiger partial charge in [0.2, 0.25) is 5.91 Å². The lowest BCUT2D eigenvalue weighted by Crippen LogP contribution is -2.37. The monoisotopic (exact) mass is 444 g/mol. The summed E-state index contributed by atoms with van der Waals surface area (Å²) in [4.78, 5) is 15.4. The standard InChI is InChI=1S/C24H23F3N2O3/c25-24(26,27)16-3-1-13(2-4-16)14-9-19(10-14)32-18-5-6-21-20(11-18)22(12-28-21)29-23(31)15-7-17(30)8-15/h1-6,11-12,14-15,17,19,28,30H,7-10H2,(H,29,31)/t14-,15?,17?,19-. The van der Waals surface area contributed by atoms with Gasteiger partial charge in [0.25, 0.3) is 0 Å². The normalized spacial score (nSPS) is 25.1. The number of alkyl halides is 3. The van der Waals surface area contributed by atoms with Crippen molar-refractivity contribution >= 4 is 22.5 Å². The van der Waals surface area contributed by atoms with Crippen LogP contribution < -0.4 is 10.1 Å². The van der Waals surface area contributed by atoms with E-state index in [1.54, 1.807) is 18.3 Å². The Labute approximate surface area is 182 Å². The Morgan fingerprint density at radius 3 is 2.44 bits per heavy atom. The van der Waals surface area contributed by atoms with Crippen LogP contribution in [-0.4, -0.2) is 28.2 Å². The average molecular weight is 444 g/mol. The Morgan fingerprint density at radius 2 is 1.78 bits per heavy atom. The summed E-state index contributed by atoms with van der Waals surface area (Å²) in [5.41, 5.74) is 1.81. The molecular weight excluding hydrogens is 421 g/mol. The Morgan fingerprint density at radius 1 is 1.06 bits per heavy atom. The van der Waals surface area contributed by atoms with Gasteiger partial charge in [0, 0.05) is 23.0 Å². The first-order chi connectivity index (χ1) is 15.3. The van der Waals surface area contributed by atoms with Crippen molar-refractivity contribution in [1.82, 2.24) is 4.98 Å². The number of carbonyl (C=O) groups is 1. The quantitative estimate of drug-likeness (QED) is 0.505. The van der Waals surface area contributed by atoms with Gasteiger partial charge in [0.15, 0.2) is 0 Å². The van der Waals surface area contributed by atoms with Crippen molar-refractivity contribution in [2.45, 2.75) is 50.0 Å². The van der Waals surface area contributed by atoms with Crippen molar-refractivity contribution in [3.8, 4) is 5.75 Å². The zero-order valence-electron chi connectivity index (χ0n) is 17.2. The summed E-state index contributed by atoms with van der Waals surface area (Å²) >= 11 is 0. The molecule has 1 heterocycles. The third kappa shape index (κ3) is 4.07. The first kappa shape index (κ1) is 20.9. The number of amides is 1. The number of aromatic nitrogens is 1. The van der Waals surface area contributed by atoms with Crippen LogP contribution >= 0.6 is 0 Å². The van der Waals surface area contributed by atoms with Crippen LogP contribution in [0.5, 0.6) is 5.75 Å². The zero-order valence-corrected chi connectivity index (χ0v) is 17.2. The van der Waals surface area contributed by atoms with Crippen molar-refractivity contribution in [2.75, 3.05) is 5.32 Å². The molecule has 2 fully saturated rings. The fourth-order valence-electron chi connectivity index (χ4n) is 4.38. The van der Waals surface area contributed by atoms with Gasteiger partial charge in [-0.3, -0.25) is 4.79 Å². The molecule has 5 rings (SSSR count). The number of fused-ring (bicyclic) bond motifs is 1. The number of anilines is 1. The predicted octanol–water partition coefficient (Wildman–Crippen LogP) is 5.22. The molecule has 5 nitrogen and oxygen atoms in total. The second kappa shape index (κ2) is 7.85. The maximum Gasteiger partial charge on any atom is 0.416 e. The van der Waals surface area contributed by atoms with Crippen molar-refractivity contribution in [1.29, 1.82) is 0 Å². The van der Waals surface area contributed by atoms with E-state index >= 15 is 0 Å². The summed E-state index contributed by atoms with van der Waals surface area (Å²) in [5, 5.41) is 13.2. The molecule has 0 bridgehead atoms. The number of rotatable bonds is 5. The summed E-state index contributed by atoms with van der Waals surface area (Å²) in [7, 11) is 0. The predicted molar refractivity (Wildman–Crippen MR) is 113 cm³/mol. The number of halogens is 3. The van der Waals surface area contributed by atoms with Crippen LogP contribution in [0.4, 0.5) is 18.9 Å². The third-order valence-electron chi connectivity index (χ3n) is 6.50. The molecule has 168 valence electrons. The third-order valence-corrected chi connectivity index (χ3v) is 6.50. The smallest absolute Gasteiger partial charge is 0.416 e.